The number of nitrogens with one attached hydrogen (secondary N) is 3. The number of hydrogen-bond acceptors (Lipinski definition) is 8. The Labute approximate surface area is 298 Å². The van der Waals surface area contributed by atoms with Crippen LogP contribution in [0, 0.1) is 24.2 Å². The molecule has 1 spiro atoms. The summed E-state index contributed by atoms with van der Waals surface area (Å²) in [6, 6.07) is 12.3. The maximum Gasteiger partial charge on any atom is 0.248 e. The molecule has 2 heterocycles. The van der Waals surface area contributed by atoms with Gasteiger partial charge in [-0.3, -0.25) is 9.78 Å². The van der Waals surface area contributed by atoms with Crippen molar-refractivity contribution in [3.8, 4) is 17.6 Å². The number of hydrogen-bond donors (Lipinski definition) is 3. The van der Waals surface area contributed by atoms with E-state index in [4.69, 9.17) is 9.47 Å². The van der Waals surface area contributed by atoms with Gasteiger partial charge in [-0.1, -0.05) is 57.9 Å². The van der Waals surface area contributed by atoms with Gasteiger partial charge in [0, 0.05) is 47.5 Å². The molecule has 9 heteroatoms. The van der Waals surface area contributed by atoms with Crippen molar-refractivity contribution in [2.75, 3.05) is 44.5 Å². The van der Waals surface area contributed by atoms with E-state index in [1.165, 1.54) is 76.7 Å². The average molecular weight is 681 g/mol. The number of nitrogens with zero attached hydrogens (tertiary/aromatic N) is 3. The molecule has 1 aliphatic carbocycles. The number of fused-ring (bicyclic) bond motifs is 1. The summed E-state index contributed by atoms with van der Waals surface area (Å²) in [5.74, 6) is 1.65. The number of likely N-dealkylation sites (N-methyl/N-ethyl adjacent to an activating group) is 1. The van der Waals surface area contributed by atoms with Gasteiger partial charge in [-0.05, 0) is 89.4 Å². The van der Waals surface area contributed by atoms with Gasteiger partial charge in [0.25, 0.3) is 0 Å². The van der Waals surface area contributed by atoms with Crippen LogP contribution in [0.1, 0.15) is 95.6 Å². The Balaban J connectivity index is 1.33. The van der Waals surface area contributed by atoms with Crippen LogP contribution in [0.2, 0.25) is 0 Å². The number of carbonyl (C=O) groups is 1. The molecular weight excluding hydrogens is 624 g/mol. The van der Waals surface area contributed by atoms with Crippen molar-refractivity contribution in [1.29, 1.82) is 5.26 Å². The molecule has 2 unspecified atom stereocenters. The first-order valence-corrected chi connectivity index (χ1v) is 18.6. The number of pyridine rings is 1. The molecular formula is C41H56N6O3. The number of piperidine rings is 1. The van der Waals surface area contributed by atoms with E-state index in [0.29, 0.717) is 65.3 Å². The maximum absolute atomic E-state index is 12.8. The van der Waals surface area contributed by atoms with Gasteiger partial charge in [-0.2, -0.15) is 5.26 Å². The van der Waals surface area contributed by atoms with Crippen LogP contribution < -0.4 is 25.4 Å². The summed E-state index contributed by atoms with van der Waals surface area (Å²) in [4.78, 5) is 19.3. The molecule has 2 aromatic carbocycles. The Bertz CT molecular complexity index is 1670. The van der Waals surface area contributed by atoms with Crippen LogP contribution in [-0.2, 0) is 4.79 Å². The van der Waals surface area contributed by atoms with Gasteiger partial charge < -0.3 is 30.3 Å². The standard InChI is InChI=1S/C41H56N6O3/c1-6-49-38-25-35-33(24-36(38)44-39(48)15-14-22-47(4)5)40(31(26-42)27-43-35)45-34-17-16-32(23-30(34)3)50-28-37-29(2)18-21-41(46-37)19-12-10-8-7-9-11-13-20-41/h14-17,23-25,27,29,37,46H,6-13,18-22,28H2,1-5H3,(H,43,45)(H,44,48)/b15-14+. The van der Waals surface area contributed by atoms with Crippen molar-refractivity contribution in [2.45, 2.75) is 103 Å². The van der Waals surface area contributed by atoms with Crippen LogP contribution in [0.3, 0.4) is 0 Å². The zero-order valence-electron chi connectivity index (χ0n) is 30.7. The number of carbonyl (C=O) groups excluding carboxylic acids is 1. The lowest BCUT2D eigenvalue weighted by Crippen LogP contribution is -2.58. The van der Waals surface area contributed by atoms with E-state index in [9.17, 15) is 10.1 Å². The highest BCUT2D eigenvalue weighted by Crippen LogP contribution is 2.38. The fraction of sp³-hybridized carbons (Fsp3) is 0.537. The van der Waals surface area contributed by atoms with Crippen LogP contribution >= 0.6 is 0 Å². The molecule has 268 valence electrons. The van der Waals surface area contributed by atoms with E-state index in [0.717, 1.165) is 17.0 Å². The Morgan fingerprint density at radius 1 is 1.06 bits per heavy atom. The molecule has 1 saturated heterocycles. The average Bonchev–Trinajstić information content (AvgIpc) is 3.09. The van der Waals surface area contributed by atoms with Crippen LogP contribution in [0.5, 0.6) is 11.5 Å². The highest BCUT2D eigenvalue weighted by Gasteiger charge is 2.38. The monoisotopic (exact) mass is 680 g/mol. The third-order valence-corrected chi connectivity index (χ3v) is 10.3. The number of rotatable bonds is 11. The van der Waals surface area contributed by atoms with E-state index >= 15 is 0 Å². The highest BCUT2D eigenvalue weighted by molar-refractivity contribution is 6.05. The molecule has 1 amide bonds. The molecule has 1 saturated carbocycles. The minimum absolute atomic E-state index is 0.252. The molecule has 3 aromatic rings. The molecule has 1 aromatic heterocycles. The van der Waals surface area contributed by atoms with Crippen LogP contribution in [0.4, 0.5) is 17.1 Å². The minimum atomic E-state index is -0.263. The van der Waals surface area contributed by atoms with Gasteiger partial charge >= 0.3 is 0 Å². The lowest BCUT2D eigenvalue weighted by Gasteiger charge is -2.46. The largest absolute Gasteiger partial charge is 0.492 e. The summed E-state index contributed by atoms with van der Waals surface area (Å²) in [6.45, 7) is 8.01. The lowest BCUT2D eigenvalue weighted by atomic mass is 9.74. The lowest BCUT2D eigenvalue weighted by molar-refractivity contribution is -0.111. The van der Waals surface area contributed by atoms with E-state index in [1.807, 2.05) is 51.0 Å². The molecule has 3 N–H and O–H groups in total. The first kappa shape index (κ1) is 37.1. The second kappa shape index (κ2) is 17.7. The second-order valence-corrected chi connectivity index (χ2v) is 14.5. The first-order chi connectivity index (χ1) is 24.2. The van der Waals surface area contributed by atoms with E-state index < -0.39 is 0 Å². The number of aromatic nitrogens is 1. The number of benzene rings is 2. The molecule has 0 radical (unpaired) electrons. The number of anilines is 3. The van der Waals surface area contributed by atoms with Gasteiger partial charge in [-0.25, -0.2) is 0 Å². The number of amides is 1. The molecule has 5 rings (SSSR count). The van der Waals surface area contributed by atoms with Crippen LogP contribution in [0.15, 0.2) is 48.7 Å². The molecule has 50 heavy (non-hydrogen) atoms. The molecule has 9 nitrogen and oxygen atoms in total. The van der Waals surface area contributed by atoms with Crippen molar-refractivity contribution in [2.24, 2.45) is 5.92 Å². The summed E-state index contributed by atoms with van der Waals surface area (Å²) >= 11 is 0. The van der Waals surface area contributed by atoms with Gasteiger partial charge in [0.05, 0.1) is 29.1 Å². The van der Waals surface area contributed by atoms with Crippen LogP contribution in [-0.4, -0.2) is 61.2 Å². The van der Waals surface area contributed by atoms with E-state index in [1.54, 1.807) is 18.3 Å². The predicted octanol–water partition coefficient (Wildman–Crippen LogP) is 8.64. The van der Waals surface area contributed by atoms with Gasteiger partial charge in [-0.15, -0.1) is 0 Å². The first-order valence-electron chi connectivity index (χ1n) is 18.6. The number of aryl methyl sites for hydroxylation is 1. The van der Waals surface area contributed by atoms with Crippen molar-refractivity contribution in [3.63, 3.8) is 0 Å². The maximum atomic E-state index is 12.8. The topological polar surface area (TPSA) is 112 Å². The summed E-state index contributed by atoms with van der Waals surface area (Å²) in [5.41, 5.74) is 4.28. The van der Waals surface area contributed by atoms with Crippen LogP contribution in [0.25, 0.3) is 10.9 Å². The smallest absolute Gasteiger partial charge is 0.248 e. The van der Waals surface area contributed by atoms with Gasteiger partial charge in [0.1, 0.15) is 24.2 Å². The zero-order chi connectivity index (χ0) is 35.5. The molecule has 0 bridgehead atoms. The Morgan fingerprint density at radius 2 is 1.80 bits per heavy atom. The molecule has 2 fully saturated rings. The third-order valence-electron chi connectivity index (χ3n) is 10.3. The Morgan fingerprint density at radius 3 is 2.48 bits per heavy atom. The normalized spacial score (nSPS) is 19.7. The van der Waals surface area contributed by atoms with Crippen molar-refractivity contribution in [1.82, 2.24) is 15.2 Å². The van der Waals surface area contributed by atoms with Crippen molar-refractivity contribution in [3.05, 3.63) is 59.8 Å². The molecule has 2 atom stereocenters. The molecule has 2 aliphatic rings. The fourth-order valence-electron chi connectivity index (χ4n) is 7.39. The minimum Gasteiger partial charge on any atom is -0.492 e. The summed E-state index contributed by atoms with van der Waals surface area (Å²) in [7, 11) is 3.89. The number of ether oxygens (including phenoxy) is 2. The predicted molar refractivity (Wildman–Crippen MR) is 204 cm³/mol. The highest BCUT2D eigenvalue weighted by atomic mass is 16.5. The third kappa shape index (κ3) is 9.76. The van der Waals surface area contributed by atoms with E-state index in [2.05, 4.69) is 40.0 Å². The zero-order valence-corrected chi connectivity index (χ0v) is 30.7. The van der Waals surface area contributed by atoms with Crippen molar-refractivity contribution >= 4 is 33.9 Å². The Kier molecular flexibility index (Phi) is 13.1. The van der Waals surface area contributed by atoms with E-state index in [-0.39, 0.29) is 11.4 Å². The second-order valence-electron chi connectivity index (χ2n) is 14.5. The molecule has 1 aliphatic heterocycles. The summed E-state index contributed by atoms with van der Waals surface area (Å²) < 4.78 is 12.3. The van der Waals surface area contributed by atoms with Gasteiger partial charge in [0.15, 0.2) is 0 Å². The van der Waals surface area contributed by atoms with Crippen molar-refractivity contribution < 1.29 is 14.3 Å². The Hall–Kier alpha value is -4.13. The van der Waals surface area contributed by atoms with Gasteiger partial charge in [0.2, 0.25) is 5.91 Å². The fourth-order valence-corrected chi connectivity index (χ4v) is 7.39. The number of nitriles is 1. The quantitative estimate of drug-likeness (QED) is 0.173. The SMILES string of the molecule is CCOc1cc2ncc(C#N)c(Nc3ccc(OCC4NC5(CCCCCCCCC5)CCC4C)cc3C)c2cc1NC(=O)/C=C/CN(C)C. The summed E-state index contributed by atoms with van der Waals surface area (Å²) in [5, 5.41) is 21.3. The summed E-state index contributed by atoms with van der Waals surface area (Å²) in [6.07, 6.45) is 19.5.